The van der Waals surface area contributed by atoms with Gasteiger partial charge in [-0.3, -0.25) is 0 Å². The van der Waals surface area contributed by atoms with Crippen LogP contribution < -0.4 is 0 Å². The van der Waals surface area contributed by atoms with Gasteiger partial charge in [0.25, 0.3) is 0 Å². The molecule has 3 saturated carbocycles. The second-order valence-electron chi connectivity index (χ2n) is 11.2. The molecule has 0 radical (unpaired) electrons. The van der Waals surface area contributed by atoms with Gasteiger partial charge < -0.3 is 9.80 Å². The minimum atomic E-state index is -0.346. The second kappa shape index (κ2) is 14.9. The van der Waals surface area contributed by atoms with Crippen molar-refractivity contribution in [3.8, 4) is 0 Å². The van der Waals surface area contributed by atoms with E-state index in [1.54, 1.807) is 17.0 Å². The Morgan fingerprint density at radius 1 is 0.778 bits per heavy atom. The summed E-state index contributed by atoms with van der Waals surface area (Å²) in [6.45, 7) is 2.34. The monoisotopic (exact) mass is 636 g/mol. The van der Waals surface area contributed by atoms with Crippen molar-refractivity contribution in [2.24, 2.45) is 0 Å². The number of hydrogen-bond donors (Lipinski definition) is 0. The number of rotatable bonds is 4. The van der Waals surface area contributed by atoms with E-state index in [2.05, 4.69) is 60.3 Å². The summed E-state index contributed by atoms with van der Waals surface area (Å²) in [7, 11) is 14.4. The Morgan fingerprint density at radius 3 is 1.83 bits per heavy atom. The first-order chi connectivity index (χ1) is 17.6. The Bertz CT molecular complexity index is 835. The van der Waals surface area contributed by atoms with Gasteiger partial charge in [0.05, 0.1) is 0 Å². The molecule has 0 amide bonds. The van der Waals surface area contributed by atoms with Crippen molar-refractivity contribution < 1.29 is 15.1 Å². The maximum absolute atomic E-state index is 4.85. The van der Waals surface area contributed by atoms with Crippen molar-refractivity contribution in [1.82, 2.24) is 9.80 Å². The molecule has 0 aromatic heterocycles. The zero-order chi connectivity index (χ0) is 25.3. The fourth-order valence-corrected chi connectivity index (χ4v) is 11.8. The van der Waals surface area contributed by atoms with Gasteiger partial charge in [-0.1, -0.05) is 82.9 Å². The standard InChI is InChI=1S/C30H45N2P.2ClH.Ru/c1-31-21-22-32(2)30(31)29-25(23-24-13-6-3-7-14-24)15-12-20-28(29)33(26-16-8-4-9-17-26)27-18-10-5-11-19-27;;;/h3,6-7,13-14,23,26-28H,4-5,8-12,15-22H2,1-2H3;2*1H;/q;;;+2/p-2. The third kappa shape index (κ3) is 7.31. The average molecular weight is 637 g/mol. The van der Waals surface area contributed by atoms with Crippen LogP contribution in [0.1, 0.15) is 89.0 Å². The van der Waals surface area contributed by atoms with Crippen LogP contribution in [0.3, 0.4) is 0 Å². The van der Waals surface area contributed by atoms with Gasteiger partial charge in [-0.25, -0.2) is 0 Å². The van der Waals surface area contributed by atoms with Crippen molar-refractivity contribution in [1.29, 1.82) is 0 Å². The molecule has 2 nitrogen and oxygen atoms in total. The summed E-state index contributed by atoms with van der Waals surface area (Å²) >= 11 is -0.346. The molecule has 1 aromatic carbocycles. The molecule has 4 aliphatic rings. The second-order valence-corrected chi connectivity index (χ2v) is 16.8. The van der Waals surface area contributed by atoms with Crippen molar-refractivity contribution in [3.63, 3.8) is 0 Å². The number of allylic oxidation sites excluding steroid dienone is 2. The molecular weight excluding hydrogens is 591 g/mol. The van der Waals surface area contributed by atoms with Crippen molar-refractivity contribution in [2.75, 3.05) is 27.2 Å². The van der Waals surface area contributed by atoms with Gasteiger partial charge >= 0.3 is 34.5 Å². The van der Waals surface area contributed by atoms with E-state index in [9.17, 15) is 0 Å². The first kappa shape index (κ1) is 28.9. The Balaban J connectivity index is 0.000000967. The van der Waals surface area contributed by atoms with E-state index in [0.717, 1.165) is 17.0 Å². The quantitative estimate of drug-likeness (QED) is 0.240. The number of likely N-dealkylation sites (N-methyl/N-ethyl adjacent to an activating group) is 2. The van der Waals surface area contributed by atoms with Gasteiger partial charge in [0.15, 0.2) is 0 Å². The van der Waals surface area contributed by atoms with Crippen molar-refractivity contribution in [2.45, 2.75) is 100 Å². The molecule has 1 saturated heterocycles. The molecule has 4 fully saturated rings. The van der Waals surface area contributed by atoms with Gasteiger partial charge in [-0.05, 0) is 67.4 Å². The molecule has 1 aromatic rings. The van der Waals surface area contributed by atoms with Crippen LogP contribution >= 0.6 is 27.3 Å². The third-order valence-corrected chi connectivity index (χ3v) is 12.8. The van der Waals surface area contributed by atoms with Crippen LogP contribution in [0.25, 0.3) is 6.08 Å². The molecule has 1 unspecified atom stereocenters. The first-order valence-electron chi connectivity index (χ1n) is 14.2. The van der Waals surface area contributed by atoms with Crippen molar-refractivity contribution >= 4 is 33.4 Å². The molecule has 202 valence electrons. The molecule has 6 heteroatoms. The summed E-state index contributed by atoms with van der Waals surface area (Å²) < 4.78 is 0. The Kier molecular flexibility index (Phi) is 12.0. The molecule has 1 atom stereocenters. The molecule has 0 N–H and O–H groups in total. The van der Waals surface area contributed by atoms with Crippen LogP contribution in [0.2, 0.25) is 0 Å². The zero-order valence-corrected chi connectivity index (χ0v) is 26.4. The molecule has 3 aliphatic carbocycles. The summed E-state index contributed by atoms with van der Waals surface area (Å²) in [6.07, 6.45) is 21.6. The van der Waals surface area contributed by atoms with E-state index >= 15 is 0 Å². The maximum atomic E-state index is 4.85. The molecule has 1 aliphatic heterocycles. The number of hydrogen-bond acceptors (Lipinski definition) is 2. The summed E-state index contributed by atoms with van der Waals surface area (Å²) in [5, 5.41) is 0. The van der Waals surface area contributed by atoms with Gasteiger partial charge in [0.2, 0.25) is 0 Å². The number of halogens is 2. The summed E-state index contributed by atoms with van der Waals surface area (Å²) in [5.74, 6) is 1.57. The van der Waals surface area contributed by atoms with Gasteiger partial charge in [0, 0.05) is 38.4 Å². The third-order valence-electron chi connectivity index (χ3n) is 8.83. The van der Waals surface area contributed by atoms with Crippen LogP contribution in [0.15, 0.2) is 47.3 Å². The molecule has 0 bridgehead atoms. The van der Waals surface area contributed by atoms with Gasteiger partial charge in [-0.15, -0.1) is 0 Å². The van der Waals surface area contributed by atoms with Crippen LogP contribution in [0.5, 0.6) is 0 Å². The number of benzene rings is 1. The van der Waals surface area contributed by atoms with E-state index in [4.69, 9.17) is 19.4 Å². The fourth-order valence-electron chi connectivity index (χ4n) is 7.25. The molecule has 5 rings (SSSR count). The molecule has 0 spiro atoms. The molecule has 1 heterocycles. The predicted molar refractivity (Wildman–Crippen MR) is 157 cm³/mol. The summed E-state index contributed by atoms with van der Waals surface area (Å²) in [4.78, 5) is 5.17. The van der Waals surface area contributed by atoms with E-state index in [1.165, 1.54) is 102 Å². The predicted octanol–water partition coefficient (Wildman–Crippen LogP) is 9.24. The van der Waals surface area contributed by atoms with Crippen LogP contribution in [0.4, 0.5) is 0 Å². The number of nitrogens with zero attached hydrogens (tertiary/aromatic N) is 2. The SMILES string of the molecule is CN1CCN(C)C1=C1C(=Cc2ccccc2)CCCC1P(C1CCCCC1)C1CCCCC1.[Cl][Ru][Cl]. The average Bonchev–Trinajstić information content (AvgIpc) is 3.24. The van der Waals surface area contributed by atoms with Crippen LogP contribution in [0, 0.1) is 0 Å². The molecular formula is C30H45Cl2N2PRu. The van der Waals surface area contributed by atoms with Crippen LogP contribution in [-0.2, 0) is 15.1 Å². The summed E-state index contributed by atoms with van der Waals surface area (Å²) in [6, 6.07) is 11.1. The van der Waals surface area contributed by atoms with Crippen molar-refractivity contribution in [3.05, 3.63) is 52.9 Å². The molecule has 36 heavy (non-hydrogen) atoms. The Hall–Kier alpha value is -0.0666. The Labute approximate surface area is 237 Å². The summed E-state index contributed by atoms with van der Waals surface area (Å²) in [5.41, 5.74) is 7.67. The first-order valence-corrected chi connectivity index (χ1v) is 20.2. The topological polar surface area (TPSA) is 6.48 Å². The van der Waals surface area contributed by atoms with Crippen LogP contribution in [-0.4, -0.2) is 54.0 Å². The van der Waals surface area contributed by atoms with E-state index < -0.39 is 0 Å². The van der Waals surface area contributed by atoms with Gasteiger partial charge in [0.1, 0.15) is 5.82 Å². The zero-order valence-electron chi connectivity index (χ0n) is 22.3. The van der Waals surface area contributed by atoms with Gasteiger partial charge in [-0.2, -0.15) is 0 Å². The van der Waals surface area contributed by atoms with E-state index in [-0.39, 0.29) is 23.1 Å². The van der Waals surface area contributed by atoms with E-state index in [1.807, 2.05) is 0 Å². The fraction of sp³-hybridized carbons (Fsp3) is 0.667. The normalized spacial score (nSPS) is 25.6. The minimum absolute atomic E-state index is 0.0380. The van der Waals surface area contributed by atoms with E-state index in [0.29, 0.717) is 0 Å². The Morgan fingerprint density at radius 2 is 1.31 bits per heavy atom.